The van der Waals surface area contributed by atoms with Crippen molar-refractivity contribution in [2.45, 2.75) is 6.42 Å². The van der Waals surface area contributed by atoms with E-state index in [1.807, 2.05) is 18.2 Å². The number of H-pyrrole nitrogens is 1. The summed E-state index contributed by atoms with van der Waals surface area (Å²) in [7, 11) is 0. The van der Waals surface area contributed by atoms with Crippen LogP contribution in [0.25, 0.3) is 22.4 Å². The molecule has 0 atom stereocenters. The highest BCUT2D eigenvalue weighted by molar-refractivity contribution is 5.85. The van der Waals surface area contributed by atoms with Crippen molar-refractivity contribution in [3.05, 3.63) is 48.0 Å². The zero-order valence-corrected chi connectivity index (χ0v) is 9.74. The fourth-order valence-electron chi connectivity index (χ4n) is 2.17. The molecule has 92 valence electrons. The number of para-hydroxylation sites is 1. The highest BCUT2D eigenvalue weighted by Crippen LogP contribution is 2.28. The van der Waals surface area contributed by atoms with Gasteiger partial charge in [-0.1, -0.05) is 12.1 Å². The van der Waals surface area contributed by atoms with Gasteiger partial charge >= 0.3 is 0 Å². The highest BCUT2D eigenvalue weighted by Gasteiger charge is 2.12. The average Bonchev–Trinajstić information content (AvgIpc) is 2.95. The zero-order chi connectivity index (χ0) is 12.5. The summed E-state index contributed by atoms with van der Waals surface area (Å²) < 4.78 is 19.1. The Bertz CT molecular complexity index is 684. The van der Waals surface area contributed by atoms with E-state index < -0.39 is 0 Å². The first-order chi connectivity index (χ1) is 8.79. The Balaban J connectivity index is 2.14. The van der Waals surface area contributed by atoms with Gasteiger partial charge in [-0.25, -0.2) is 4.39 Å². The standard InChI is InChI=1S/C14H13FN2O/c15-11-3-1-2-10-8-12(17-13(10)11)14-9(4-6-16)5-7-18-14/h1-3,5,7-8,17H,4,6,16H2. The summed E-state index contributed by atoms with van der Waals surface area (Å²) in [5, 5.41) is 0.833. The second-order valence-electron chi connectivity index (χ2n) is 4.20. The van der Waals surface area contributed by atoms with Gasteiger partial charge in [-0.2, -0.15) is 0 Å². The SMILES string of the molecule is NCCc1ccoc1-c1cc2cccc(F)c2[nH]1. The average molecular weight is 244 g/mol. The third-order valence-electron chi connectivity index (χ3n) is 3.01. The predicted molar refractivity (Wildman–Crippen MR) is 68.7 cm³/mol. The molecule has 0 amide bonds. The van der Waals surface area contributed by atoms with Crippen molar-refractivity contribution in [3.63, 3.8) is 0 Å². The zero-order valence-electron chi connectivity index (χ0n) is 9.74. The fraction of sp³-hybridized carbons (Fsp3) is 0.143. The molecule has 3 nitrogen and oxygen atoms in total. The molecule has 0 aliphatic heterocycles. The molecule has 2 heterocycles. The summed E-state index contributed by atoms with van der Waals surface area (Å²) >= 11 is 0. The van der Waals surface area contributed by atoms with Crippen molar-refractivity contribution in [3.8, 4) is 11.5 Å². The van der Waals surface area contributed by atoms with E-state index in [-0.39, 0.29) is 5.82 Å². The normalized spacial score (nSPS) is 11.2. The summed E-state index contributed by atoms with van der Waals surface area (Å²) in [4.78, 5) is 3.06. The van der Waals surface area contributed by atoms with Crippen molar-refractivity contribution in [1.29, 1.82) is 0 Å². The van der Waals surface area contributed by atoms with Crippen LogP contribution in [0.1, 0.15) is 5.56 Å². The lowest BCUT2D eigenvalue weighted by Gasteiger charge is -1.97. The molecule has 1 aromatic carbocycles. The van der Waals surface area contributed by atoms with Gasteiger partial charge in [-0.15, -0.1) is 0 Å². The lowest BCUT2D eigenvalue weighted by Crippen LogP contribution is -2.02. The van der Waals surface area contributed by atoms with Gasteiger partial charge in [0.1, 0.15) is 5.82 Å². The first-order valence-corrected chi connectivity index (χ1v) is 5.83. The van der Waals surface area contributed by atoms with Crippen molar-refractivity contribution in [1.82, 2.24) is 4.98 Å². The van der Waals surface area contributed by atoms with Crippen LogP contribution in [0.3, 0.4) is 0 Å². The van der Waals surface area contributed by atoms with Crippen LogP contribution >= 0.6 is 0 Å². The summed E-state index contributed by atoms with van der Waals surface area (Å²) in [6, 6.07) is 8.77. The quantitative estimate of drug-likeness (QED) is 0.744. The molecular weight excluding hydrogens is 231 g/mol. The lowest BCUT2D eigenvalue weighted by atomic mass is 10.1. The van der Waals surface area contributed by atoms with Gasteiger partial charge in [-0.05, 0) is 31.2 Å². The summed E-state index contributed by atoms with van der Waals surface area (Å²) in [6.07, 6.45) is 2.37. The van der Waals surface area contributed by atoms with Gasteiger partial charge < -0.3 is 15.1 Å². The molecule has 0 saturated heterocycles. The minimum absolute atomic E-state index is 0.259. The van der Waals surface area contributed by atoms with Crippen molar-refractivity contribution in [2.24, 2.45) is 5.73 Å². The molecule has 0 bridgehead atoms. The highest BCUT2D eigenvalue weighted by atomic mass is 19.1. The summed E-state index contributed by atoms with van der Waals surface area (Å²) in [5.41, 5.74) is 7.87. The third kappa shape index (κ3) is 1.71. The van der Waals surface area contributed by atoms with Gasteiger partial charge in [0, 0.05) is 10.9 Å². The first kappa shape index (κ1) is 11.0. The van der Waals surface area contributed by atoms with Crippen LogP contribution in [0.5, 0.6) is 0 Å². The Morgan fingerprint density at radius 2 is 2.17 bits per heavy atom. The van der Waals surface area contributed by atoms with Crippen LogP contribution in [-0.2, 0) is 6.42 Å². The number of fused-ring (bicyclic) bond motifs is 1. The molecule has 0 radical (unpaired) electrons. The largest absolute Gasteiger partial charge is 0.463 e. The second-order valence-corrected chi connectivity index (χ2v) is 4.20. The minimum Gasteiger partial charge on any atom is -0.463 e. The minimum atomic E-state index is -0.259. The van der Waals surface area contributed by atoms with E-state index in [0.717, 1.165) is 28.8 Å². The number of hydrogen-bond acceptors (Lipinski definition) is 2. The molecule has 0 aliphatic rings. The number of hydrogen-bond donors (Lipinski definition) is 2. The number of aromatic amines is 1. The van der Waals surface area contributed by atoms with E-state index in [4.69, 9.17) is 10.2 Å². The van der Waals surface area contributed by atoms with Crippen LogP contribution in [0, 0.1) is 5.82 Å². The fourth-order valence-corrected chi connectivity index (χ4v) is 2.17. The molecular formula is C14H13FN2O. The Morgan fingerprint density at radius 3 is 2.94 bits per heavy atom. The van der Waals surface area contributed by atoms with E-state index in [1.54, 1.807) is 12.3 Å². The maximum Gasteiger partial charge on any atom is 0.153 e. The number of nitrogens with two attached hydrogens (primary N) is 1. The van der Waals surface area contributed by atoms with Crippen LogP contribution in [0.15, 0.2) is 41.0 Å². The van der Waals surface area contributed by atoms with Gasteiger partial charge in [0.15, 0.2) is 5.76 Å². The van der Waals surface area contributed by atoms with E-state index >= 15 is 0 Å². The number of nitrogens with one attached hydrogen (secondary N) is 1. The Kier molecular flexibility index (Phi) is 2.64. The number of aromatic nitrogens is 1. The molecule has 3 N–H and O–H groups in total. The van der Waals surface area contributed by atoms with Crippen LogP contribution in [0.4, 0.5) is 4.39 Å². The van der Waals surface area contributed by atoms with Crippen molar-refractivity contribution < 1.29 is 8.81 Å². The number of furan rings is 1. The second kappa shape index (κ2) is 4.31. The van der Waals surface area contributed by atoms with Crippen LogP contribution in [-0.4, -0.2) is 11.5 Å². The third-order valence-corrected chi connectivity index (χ3v) is 3.01. The van der Waals surface area contributed by atoms with Crippen molar-refractivity contribution in [2.75, 3.05) is 6.54 Å². The Morgan fingerprint density at radius 1 is 1.28 bits per heavy atom. The molecule has 2 aromatic heterocycles. The maximum absolute atomic E-state index is 13.6. The van der Waals surface area contributed by atoms with Crippen LogP contribution < -0.4 is 5.73 Å². The monoisotopic (exact) mass is 244 g/mol. The van der Waals surface area contributed by atoms with Gasteiger partial charge in [-0.3, -0.25) is 0 Å². The molecule has 0 unspecified atom stereocenters. The number of benzene rings is 1. The van der Waals surface area contributed by atoms with E-state index in [2.05, 4.69) is 4.98 Å². The molecule has 0 spiro atoms. The molecule has 0 aliphatic carbocycles. The molecule has 4 heteroatoms. The number of halogens is 1. The van der Waals surface area contributed by atoms with Gasteiger partial charge in [0.05, 0.1) is 17.5 Å². The molecule has 3 aromatic rings. The first-order valence-electron chi connectivity index (χ1n) is 5.83. The Hall–Kier alpha value is -2.07. The molecule has 0 saturated carbocycles. The van der Waals surface area contributed by atoms with Gasteiger partial charge in [0.2, 0.25) is 0 Å². The van der Waals surface area contributed by atoms with Crippen LogP contribution in [0.2, 0.25) is 0 Å². The van der Waals surface area contributed by atoms with E-state index in [0.29, 0.717) is 12.1 Å². The van der Waals surface area contributed by atoms with Crippen molar-refractivity contribution >= 4 is 10.9 Å². The number of rotatable bonds is 3. The summed E-state index contributed by atoms with van der Waals surface area (Å²) in [6.45, 7) is 0.557. The Labute approximate surface area is 103 Å². The smallest absolute Gasteiger partial charge is 0.153 e. The van der Waals surface area contributed by atoms with E-state index in [1.165, 1.54) is 6.07 Å². The van der Waals surface area contributed by atoms with E-state index in [9.17, 15) is 4.39 Å². The topological polar surface area (TPSA) is 54.9 Å². The van der Waals surface area contributed by atoms with Gasteiger partial charge in [0.25, 0.3) is 0 Å². The molecule has 18 heavy (non-hydrogen) atoms. The predicted octanol–water partition coefficient (Wildman–Crippen LogP) is 3.07. The summed E-state index contributed by atoms with van der Waals surface area (Å²) in [5.74, 6) is 0.474. The lowest BCUT2D eigenvalue weighted by molar-refractivity contribution is 0.577. The maximum atomic E-state index is 13.6. The molecule has 0 fully saturated rings. The molecule has 3 rings (SSSR count).